The summed E-state index contributed by atoms with van der Waals surface area (Å²) in [5.41, 5.74) is 0. The lowest BCUT2D eigenvalue weighted by Crippen LogP contribution is -2.52. The molecule has 3 heteroatoms. The average Bonchev–Trinajstić information content (AvgIpc) is 2.24. The predicted molar refractivity (Wildman–Crippen MR) is 59.7 cm³/mol. The second-order valence-corrected chi connectivity index (χ2v) is 5.25. The molecule has 1 heterocycles. The van der Waals surface area contributed by atoms with E-state index >= 15 is 0 Å². The molecular weight excluding hydrogens is 190 g/mol. The van der Waals surface area contributed by atoms with Gasteiger partial charge in [0.05, 0.1) is 12.2 Å². The van der Waals surface area contributed by atoms with Gasteiger partial charge in [-0.25, -0.2) is 0 Å². The van der Waals surface area contributed by atoms with Crippen LogP contribution in [-0.4, -0.2) is 49.0 Å². The first-order valence-electron chi connectivity index (χ1n) is 6.04. The van der Waals surface area contributed by atoms with Gasteiger partial charge in [-0.05, 0) is 51.6 Å². The normalized spacial score (nSPS) is 47.6. The number of fused-ring (bicyclic) bond motifs is 1. The second kappa shape index (κ2) is 4.40. The summed E-state index contributed by atoms with van der Waals surface area (Å²) in [6.45, 7) is 3.48. The Hall–Kier alpha value is -0.120. The van der Waals surface area contributed by atoms with Crippen LogP contribution in [0.2, 0.25) is 0 Å². The zero-order valence-electron chi connectivity index (χ0n) is 10.0. The average molecular weight is 213 g/mol. The van der Waals surface area contributed by atoms with Gasteiger partial charge in [0.2, 0.25) is 0 Å². The van der Waals surface area contributed by atoms with Crippen molar-refractivity contribution >= 4 is 0 Å². The van der Waals surface area contributed by atoms with Crippen LogP contribution in [0.15, 0.2) is 0 Å². The summed E-state index contributed by atoms with van der Waals surface area (Å²) in [6.07, 6.45) is 3.03. The summed E-state index contributed by atoms with van der Waals surface area (Å²) < 4.78 is 5.35. The van der Waals surface area contributed by atoms with Crippen molar-refractivity contribution in [3.63, 3.8) is 0 Å². The number of methoxy groups -OCH3 is 1. The molecule has 0 bridgehead atoms. The Morgan fingerprint density at radius 1 is 1.33 bits per heavy atom. The highest BCUT2D eigenvalue weighted by molar-refractivity contribution is 4.94. The maximum atomic E-state index is 9.97. The molecule has 0 amide bonds. The molecule has 15 heavy (non-hydrogen) atoms. The van der Waals surface area contributed by atoms with E-state index in [0.29, 0.717) is 12.0 Å². The molecule has 2 fully saturated rings. The maximum Gasteiger partial charge on any atom is 0.0833 e. The fourth-order valence-electron chi connectivity index (χ4n) is 3.33. The molecule has 2 aliphatic rings. The zero-order chi connectivity index (χ0) is 11.0. The number of hydrogen-bond donors (Lipinski definition) is 1. The highest BCUT2D eigenvalue weighted by atomic mass is 16.5. The highest BCUT2D eigenvalue weighted by Gasteiger charge is 2.41. The van der Waals surface area contributed by atoms with E-state index in [-0.39, 0.29) is 12.2 Å². The van der Waals surface area contributed by atoms with E-state index < -0.39 is 0 Å². The number of aliphatic hydroxyl groups is 1. The van der Waals surface area contributed by atoms with E-state index in [4.69, 9.17) is 4.74 Å². The van der Waals surface area contributed by atoms with Crippen molar-refractivity contribution in [2.24, 2.45) is 11.8 Å². The Labute approximate surface area is 92.4 Å². The lowest BCUT2D eigenvalue weighted by molar-refractivity contribution is -0.0941. The molecule has 5 atom stereocenters. The fourth-order valence-corrected chi connectivity index (χ4v) is 3.33. The minimum absolute atomic E-state index is 0.0712. The van der Waals surface area contributed by atoms with E-state index in [1.54, 1.807) is 7.11 Å². The third kappa shape index (κ3) is 2.05. The minimum atomic E-state index is -0.259. The van der Waals surface area contributed by atoms with Crippen molar-refractivity contribution in [2.75, 3.05) is 20.7 Å². The highest BCUT2D eigenvalue weighted by Crippen LogP contribution is 2.40. The van der Waals surface area contributed by atoms with E-state index in [1.807, 2.05) is 0 Å². The lowest BCUT2D eigenvalue weighted by Gasteiger charge is -2.48. The van der Waals surface area contributed by atoms with E-state index in [1.165, 1.54) is 13.0 Å². The van der Waals surface area contributed by atoms with Crippen molar-refractivity contribution in [2.45, 2.75) is 44.4 Å². The van der Waals surface area contributed by atoms with Crippen LogP contribution in [0.1, 0.15) is 26.2 Å². The van der Waals surface area contributed by atoms with E-state index in [0.717, 1.165) is 18.8 Å². The van der Waals surface area contributed by atoms with Gasteiger partial charge in [-0.1, -0.05) is 0 Å². The van der Waals surface area contributed by atoms with Gasteiger partial charge in [-0.15, -0.1) is 0 Å². The molecule has 1 N–H and O–H groups in total. The Morgan fingerprint density at radius 3 is 2.73 bits per heavy atom. The number of hydrogen-bond acceptors (Lipinski definition) is 3. The molecule has 1 saturated heterocycles. The van der Waals surface area contributed by atoms with Gasteiger partial charge in [0, 0.05) is 13.2 Å². The van der Waals surface area contributed by atoms with Crippen LogP contribution in [0.5, 0.6) is 0 Å². The number of likely N-dealkylation sites (tertiary alicyclic amines) is 1. The van der Waals surface area contributed by atoms with Crippen molar-refractivity contribution in [3.05, 3.63) is 0 Å². The largest absolute Gasteiger partial charge is 0.390 e. The molecule has 1 aliphatic carbocycles. The molecule has 1 saturated carbocycles. The quantitative estimate of drug-likeness (QED) is 0.708. The number of rotatable bonds is 1. The summed E-state index contributed by atoms with van der Waals surface area (Å²) in [5, 5.41) is 9.97. The summed E-state index contributed by atoms with van der Waals surface area (Å²) in [5.74, 6) is 1.41. The maximum absolute atomic E-state index is 9.97. The predicted octanol–water partition coefficient (Wildman–Crippen LogP) is 1.11. The van der Waals surface area contributed by atoms with Crippen LogP contribution in [0.3, 0.4) is 0 Å². The summed E-state index contributed by atoms with van der Waals surface area (Å²) >= 11 is 0. The monoisotopic (exact) mass is 213 g/mol. The molecule has 5 unspecified atom stereocenters. The summed E-state index contributed by atoms with van der Waals surface area (Å²) in [6, 6.07) is 0.608. The third-order valence-electron chi connectivity index (χ3n) is 4.55. The van der Waals surface area contributed by atoms with Crippen molar-refractivity contribution < 1.29 is 9.84 Å². The van der Waals surface area contributed by atoms with Crippen LogP contribution >= 0.6 is 0 Å². The van der Waals surface area contributed by atoms with Gasteiger partial charge in [0.1, 0.15) is 0 Å². The van der Waals surface area contributed by atoms with Crippen molar-refractivity contribution in [1.82, 2.24) is 4.90 Å². The molecule has 1 aliphatic heterocycles. The van der Waals surface area contributed by atoms with Crippen LogP contribution in [0.25, 0.3) is 0 Å². The van der Waals surface area contributed by atoms with Crippen LogP contribution in [0.4, 0.5) is 0 Å². The van der Waals surface area contributed by atoms with Gasteiger partial charge in [0.15, 0.2) is 0 Å². The molecule has 3 nitrogen and oxygen atoms in total. The fraction of sp³-hybridized carbons (Fsp3) is 1.00. The van der Waals surface area contributed by atoms with E-state index in [9.17, 15) is 5.11 Å². The molecule has 88 valence electrons. The number of piperidine rings is 1. The Morgan fingerprint density at radius 2 is 2.07 bits per heavy atom. The Bertz CT molecular complexity index is 222. The molecule has 0 aromatic heterocycles. The topological polar surface area (TPSA) is 32.7 Å². The first-order valence-corrected chi connectivity index (χ1v) is 6.04. The lowest BCUT2D eigenvalue weighted by atomic mass is 9.69. The van der Waals surface area contributed by atoms with Crippen LogP contribution in [0, 0.1) is 11.8 Å². The molecule has 0 aromatic rings. The van der Waals surface area contributed by atoms with Crippen molar-refractivity contribution in [3.8, 4) is 0 Å². The van der Waals surface area contributed by atoms with Gasteiger partial charge < -0.3 is 14.7 Å². The zero-order valence-corrected chi connectivity index (χ0v) is 10.0. The van der Waals surface area contributed by atoms with Gasteiger partial charge in [-0.3, -0.25) is 0 Å². The number of aliphatic hydroxyl groups excluding tert-OH is 1. The molecule has 0 spiro atoms. The Balaban J connectivity index is 2.05. The van der Waals surface area contributed by atoms with Gasteiger partial charge in [-0.2, -0.15) is 0 Å². The van der Waals surface area contributed by atoms with E-state index in [2.05, 4.69) is 18.9 Å². The van der Waals surface area contributed by atoms with Crippen LogP contribution in [-0.2, 0) is 4.74 Å². The molecule has 0 aromatic carbocycles. The summed E-state index contributed by atoms with van der Waals surface area (Å²) in [7, 11) is 3.91. The number of nitrogens with zero attached hydrogens (tertiary/aromatic N) is 1. The first-order chi connectivity index (χ1) is 7.13. The van der Waals surface area contributed by atoms with Gasteiger partial charge in [0.25, 0.3) is 0 Å². The van der Waals surface area contributed by atoms with Gasteiger partial charge >= 0.3 is 0 Å². The Kier molecular flexibility index (Phi) is 3.33. The number of ether oxygens (including phenoxy) is 1. The second-order valence-electron chi connectivity index (χ2n) is 5.25. The third-order valence-corrected chi connectivity index (χ3v) is 4.55. The minimum Gasteiger partial charge on any atom is -0.390 e. The molecular formula is C12H23NO2. The van der Waals surface area contributed by atoms with Crippen molar-refractivity contribution in [1.29, 1.82) is 0 Å². The SMILES string of the molecule is COC1CC2CCN(C)C(C)C2CC1O. The molecule has 2 rings (SSSR count). The van der Waals surface area contributed by atoms with Crippen LogP contribution < -0.4 is 0 Å². The smallest absolute Gasteiger partial charge is 0.0833 e. The first kappa shape index (κ1) is 11.4. The standard InChI is InChI=1S/C12H23NO2/c1-8-10-7-11(14)12(15-3)6-9(10)4-5-13(8)2/h8-12,14H,4-7H2,1-3H3. The summed E-state index contributed by atoms with van der Waals surface area (Å²) in [4.78, 5) is 2.42. The molecule has 0 radical (unpaired) electrons.